The predicted octanol–water partition coefficient (Wildman–Crippen LogP) is 2.50. The summed E-state index contributed by atoms with van der Waals surface area (Å²) in [6.45, 7) is -0.136. The van der Waals surface area contributed by atoms with E-state index in [9.17, 15) is 13.6 Å². The second-order valence-electron chi connectivity index (χ2n) is 5.09. The summed E-state index contributed by atoms with van der Waals surface area (Å²) in [5.41, 5.74) is 0.809. The number of anilines is 2. The van der Waals surface area contributed by atoms with Gasteiger partial charge in [-0.1, -0.05) is 0 Å². The summed E-state index contributed by atoms with van der Waals surface area (Å²) in [6.07, 6.45) is 1.64. The molecule has 0 radical (unpaired) electrons. The molecule has 124 valence electrons. The van der Waals surface area contributed by atoms with Crippen molar-refractivity contribution in [3.63, 3.8) is 0 Å². The summed E-state index contributed by atoms with van der Waals surface area (Å²) in [4.78, 5) is 12.3. The molecule has 0 atom stereocenters. The normalized spacial score (nSPS) is 10.8. The molecular formula is C16H14F2N4O2. The molecule has 0 unspecified atom stereocenters. The molecule has 0 saturated heterocycles. The first-order chi connectivity index (χ1) is 11.6. The smallest absolute Gasteiger partial charge is 0.258 e. The van der Waals surface area contributed by atoms with Gasteiger partial charge < -0.3 is 15.7 Å². The minimum absolute atomic E-state index is 0.0559. The van der Waals surface area contributed by atoms with E-state index >= 15 is 0 Å². The third kappa shape index (κ3) is 3.18. The van der Waals surface area contributed by atoms with Crippen LogP contribution in [0.3, 0.4) is 0 Å². The number of hydrogen-bond acceptors (Lipinski definition) is 4. The number of aromatic amines is 1. The van der Waals surface area contributed by atoms with E-state index < -0.39 is 17.5 Å². The van der Waals surface area contributed by atoms with Crippen molar-refractivity contribution in [1.29, 1.82) is 0 Å². The zero-order chi connectivity index (χ0) is 17.1. The van der Waals surface area contributed by atoms with E-state index in [-0.39, 0.29) is 24.4 Å². The molecule has 3 aromatic rings. The number of fused-ring (bicyclic) bond motifs is 1. The lowest BCUT2D eigenvalue weighted by atomic mass is 10.1. The van der Waals surface area contributed by atoms with E-state index in [0.29, 0.717) is 11.8 Å². The van der Waals surface area contributed by atoms with Crippen LogP contribution in [-0.2, 0) is 0 Å². The molecular weight excluding hydrogens is 318 g/mol. The van der Waals surface area contributed by atoms with Gasteiger partial charge in [-0.25, -0.2) is 8.78 Å². The number of H-pyrrole nitrogens is 1. The van der Waals surface area contributed by atoms with Gasteiger partial charge in [0.15, 0.2) is 0 Å². The molecule has 3 rings (SSSR count). The van der Waals surface area contributed by atoms with Crippen molar-refractivity contribution < 1.29 is 18.7 Å². The molecule has 1 aromatic heterocycles. The Bertz CT molecular complexity index is 895. The molecule has 0 aliphatic carbocycles. The number of aliphatic hydroxyl groups is 1. The molecule has 2 aromatic carbocycles. The van der Waals surface area contributed by atoms with Crippen molar-refractivity contribution in [3.05, 3.63) is 53.7 Å². The number of nitrogens with one attached hydrogen (secondary N) is 3. The Balaban J connectivity index is 1.85. The van der Waals surface area contributed by atoms with Gasteiger partial charge in [0.2, 0.25) is 0 Å². The predicted molar refractivity (Wildman–Crippen MR) is 86.0 cm³/mol. The minimum Gasteiger partial charge on any atom is -0.395 e. The van der Waals surface area contributed by atoms with Crippen LogP contribution in [0.1, 0.15) is 10.4 Å². The van der Waals surface area contributed by atoms with Crippen LogP contribution in [0.15, 0.2) is 36.5 Å². The van der Waals surface area contributed by atoms with Gasteiger partial charge in [0.05, 0.1) is 29.6 Å². The lowest BCUT2D eigenvalue weighted by molar-refractivity contribution is 0.102. The molecule has 8 heteroatoms. The number of carbonyl (C=O) groups excluding carboxylic acids is 1. The average molecular weight is 332 g/mol. The third-order valence-corrected chi connectivity index (χ3v) is 3.43. The molecule has 0 spiro atoms. The second-order valence-corrected chi connectivity index (χ2v) is 5.09. The van der Waals surface area contributed by atoms with Crippen molar-refractivity contribution in [2.75, 3.05) is 23.8 Å². The van der Waals surface area contributed by atoms with E-state index in [0.717, 1.165) is 17.0 Å². The number of aromatic nitrogens is 2. The number of rotatable bonds is 5. The van der Waals surface area contributed by atoms with Gasteiger partial charge in [0.25, 0.3) is 5.91 Å². The molecule has 24 heavy (non-hydrogen) atoms. The van der Waals surface area contributed by atoms with Crippen LogP contribution >= 0.6 is 0 Å². The first kappa shape index (κ1) is 15.9. The molecule has 4 N–H and O–H groups in total. The molecule has 0 aliphatic rings. The minimum atomic E-state index is -0.970. The maximum Gasteiger partial charge on any atom is 0.258 e. The van der Waals surface area contributed by atoms with Crippen LogP contribution in [0.2, 0.25) is 0 Å². The van der Waals surface area contributed by atoms with E-state index in [4.69, 9.17) is 5.11 Å². The molecule has 0 aliphatic heterocycles. The molecule has 6 nitrogen and oxygen atoms in total. The largest absolute Gasteiger partial charge is 0.395 e. The zero-order valence-corrected chi connectivity index (χ0v) is 12.4. The van der Waals surface area contributed by atoms with E-state index in [1.807, 2.05) is 0 Å². The number of aliphatic hydroxyl groups excluding tert-OH is 1. The Labute approximate surface area is 135 Å². The van der Waals surface area contributed by atoms with Gasteiger partial charge in [-0.2, -0.15) is 5.10 Å². The standard InChI is InChI=1S/C16H14F2N4O2/c17-12-7-13(18)15(19-3-4-23)6-11(12)16(24)21-10-2-1-9-8-20-22-14(9)5-10/h1-2,5-8,19,23H,3-4H2,(H,20,22)(H,21,24). The average Bonchev–Trinajstić information content (AvgIpc) is 3.01. The fourth-order valence-electron chi connectivity index (χ4n) is 2.26. The third-order valence-electron chi connectivity index (χ3n) is 3.43. The first-order valence-electron chi connectivity index (χ1n) is 7.17. The van der Waals surface area contributed by atoms with E-state index in [2.05, 4.69) is 20.8 Å². The van der Waals surface area contributed by atoms with Crippen molar-refractivity contribution in [3.8, 4) is 0 Å². The molecule has 0 fully saturated rings. The Morgan fingerprint density at radius 2 is 2.04 bits per heavy atom. The van der Waals surface area contributed by atoms with Crippen molar-refractivity contribution in [2.24, 2.45) is 0 Å². The Morgan fingerprint density at radius 3 is 2.83 bits per heavy atom. The summed E-state index contributed by atoms with van der Waals surface area (Å²) in [5.74, 6) is -2.52. The Hall–Kier alpha value is -3.00. The summed E-state index contributed by atoms with van der Waals surface area (Å²) < 4.78 is 27.6. The topological polar surface area (TPSA) is 90.0 Å². The number of amides is 1. The van der Waals surface area contributed by atoms with Gasteiger partial charge in [-0.05, 0) is 24.3 Å². The van der Waals surface area contributed by atoms with Gasteiger partial charge in [-0.3, -0.25) is 9.89 Å². The number of hydrogen-bond donors (Lipinski definition) is 4. The van der Waals surface area contributed by atoms with E-state index in [1.54, 1.807) is 24.4 Å². The fourth-order valence-corrected chi connectivity index (χ4v) is 2.26. The second kappa shape index (κ2) is 6.63. The summed E-state index contributed by atoms with van der Waals surface area (Å²) in [6, 6.07) is 6.77. The van der Waals surface area contributed by atoms with Crippen LogP contribution in [0, 0.1) is 11.6 Å². The maximum atomic E-state index is 13.9. The SMILES string of the molecule is O=C(Nc1ccc2cn[nH]c2c1)c1cc(NCCO)c(F)cc1F. The van der Waals surface area contributed by atoms with Gasteiger partial charge in [-0.15, -0.1) is 0 Å². The Morgan fingerprint density at radius 1 is 1.21 bits per heavy atom. The van der Waals surface area contributed by atoms with Crippen molar-refractivity contribution >= 4 is 28.2 Å². The lowest BCUT2D eigenvalue weighted by Gasteiger charge is -2.10. The monoisotopic (exact) mass is 332 g/mol. The molecule has 0 saturated carbocycles. The molecule has 0 bridgehead atoms. The number of benzene rings is 2. The summed E-state index contributed by atoms with van der Waals surface area (Å²) in [7, 11) is 0. The maximum absolute atomic E-state index is 13.9. The number of carbonyl (C=O) groups is 1. The highest BCUT2D eigenvalue weighted by atomic mass is 19.1. The van der Waals surface area contributed by atoms with E-state index in [1.165, 1.54) is 0 Å². The summed E-state index contributed by atoms with van der Waals surface area (Å²) >= 11 is 0. The van der Waals surface area contributed by atoms with Crippen molar-refractivity contribution in [1.82, 2.24) is 10.2 Å². The van der Waals surface area contributed by atoms with Gasteiger partial charge in [0.1, 0.15) is 11.6 Å². The zero-order valence-electron chi connectivity index (χ0n) is 12.4. The summed E-state index contributed by atoms with van der Waals surface area (Å²) in [5, 5.41) is 21.4. The first-order valence-corrected chi connectivity index (χ1v) is 7.17. The Kier molecular flexibility index (Phi) is 4.39. The molecule has 1 heterocycles. The highest BCUT2D eigenvalue weighted by Gasteiger charge is 2.16. The van der Waals surface area contributed by atoms with Crippen molar-refractivity contribution in [2.45, 2.75) is 0 Å². The highest BCUT2D eigenvalue weighted by Crippen LogP contribution is 2.22. The number of nitrogens with zero attached hydrogens (tertiary/aromatic N) is 1. The highest BCUT2D eigenvalue weighted by molar-refractivity contribution is 6.05. The van der Waals surface area contributed by atoms with Crippen LogP contribution < -0.4 is 10.6 Å². The van der Waals surface area contributed by atoms with Crippen LogP contribution in [0.5, 0.6) is 0 Å². The molecule has 1 amide bonds. The van der Waals surface area contributed by atoms with Crippen LogP contribution in [0.25, 0.3) is 10.9 Å². The van der Waals surface area contributed by atoms with Crippen LogP contribution in [0.4, 0.5) is 20.2 Å². The quantitative estimate of drug-likeness (QED) is 0.578. The fraction of sp³-hybridized carbons (Fsp3) is 0.125. The van der Waals surface area contributed by atoms with Crippen LogP contribution in [-0.4, -0.2) is 34.4 Å². The van der Waals surface area contributed by atoms with Gasteiger partial charge in [0, 0.05) is 23.7 Å². The number of halogens is 2. The lowest BCUT2D eigenvalue weighted by Crippen LogP contribution is -2.15. The van der Waals surface area contributed by atoms with Gasteiger partial charge >= 0.3 is 0 Å².